The van der Waals surface area contributed by atoms with Crippen LogP contribution >= 0.6 is 0 Å². The molecule has 0 bridgehead atoms. The maximum atomic E-state index is 9.10. The third-order valence-corrected chi connectivity index (χ3v) is 3.30. The summed E-state index contributed by atoms with van der Waals surface area (Å²) in [7, 11) is 0. The van der Waals surface area contributed by atoms with Crippen LogP contribution in [0.15, 0.2) is 18.2 Å². The van der Waals surface area contributed by atoms with E-state index in [0.717, 1.165) is 6.54 Å². The second-order valence-corrected chi connectivity index (χ2v) is 5.77. The number of aliphatic carboxylic acids is 4. The van der Waals surface area contributed by atoms with E-state index in [1.54, 1.807) is 0 Å². The highest BCUT2D eigenvalue weighted by atomic mass is 16.4. The summed E-state index contributed by atoms with van der Waals surface area (Å²) in [4.78, 5) is 36.4. The first kappa shape index (κ1) is 23.9. The molecule has 1 heterocycles. The SMILES string of the molecule is Cc1cc(C)cc(NCC2CCCN2)c1.O=C(O)C(=O)O.O=C(O)C(=O)O. The van der Waals surface area contributed by atoms with Crippen molar-refractivity contribution in [3.05, 3.63) is 29.3 Å². The van der Waals surface area contributed by atoms with E-state index >= 15 is 0 Å². The first-order valence-corrected chi connectivity index (χ1v) is 8.01. The van der Waals surface area contributed by atoms with E-state index in [-0.39, 0.29) is 0 Å². The van der Waals surface area contributed by atoms with Crippen LogP contribution in [0.4, 0.5) is 5.69 Å². The largest absolute Gasteiger partial charge is 0.473 e. The molecule has 0 amide bonds. The van der Waals surface area contributed by atoms with E-state index in [0.29, 0.717) is 6.04 Å². The highest BCUT2D eigenvalue weighted by Gasteiger charge is 2.13. The molecule has 0 aliphatic carbocycles. The van der Waals surface area contributed by atoms with Crippen molar-refractivity contribution in [1.82, 2.24) is 5.32 Å². The van der Waals surface area contributed by atoms with Crippen molar-refractivity contribution in [2.75, 3.05) is 18.4 Å². The van der Waals surface area contributed by atoms with Gasteiger partial charge >= 0.3 is 23.9 Å². The number of benzene rings is 1. The van der Waals surface area contributed by atoms with Gasteiger partial charge in [-0.2, -0.15) is 0 Å². The smallest absolute Gasteiger partial charge is 0.414 e. The van der Waals surface area contributed by atoms with E-state index in [2.05, 4.69) is 42.7 Å². The van der Waals surface area contributed by atoms with Crippen LogP contribution in [0.25, 0.3) is 0 Å². The summed E-state index contributed by atoms with van der Waals surface area (Å²) in [6, 6.07) is 7.29. The normalized spacial score (nSPS) is 14.7. The molecule has 10 heteroatoms. The number of nitrogens with one attached hydrogen (secondary N) is 2. The zero-order chi connectivity index (χ0) is 21.0. The zero-order valence-corrected chi connectivity index (χ0v) is 15.1. The van der Waals surface area contributed by atoms with Gasteiger partial charge in [-0.15, -0.1) is 0 Å². The van der Waals surface area contributed by atoms with Crippen molar-refractivity contribution < 1.29 is 39.6 Å². The lowest BCUT2D eigenvalue weighted by molar-refractivity contribution is -0.159. The predicted molar refractivity (Wildman–Crippen MR) is 96.0 cm³/mol. The summed E-state index contributed by atoms with van der Waals surface area (Å²) < 4.78 is 0. The molecule has 0 radical (unpaired) electrons. The molecule has 0 saturated carbocycles. The van der Waals surface area contributed by atoms with Gasteiger partial charge in [-0.25, -0.2) is 19.2 Å². The van der Waals surface area contributed by atoms with Crippen molar-refractivity contribution in [2.24, 2.45) is 0 Å². The Balaban J connectivity index is 0.000000470. The Labute approximate surface area is 155 Å². The van der Waals surface area contributed by atoms with Crippen LogP contribution in [0.5, 0.6) is 0 Å². The Morgan fingerprint density at radius 1 is 0.926 bits per heavy atom. The zero-order valence-electron chi connectivity index (χ0n) is 15.1. The number of carbonyl (C=O) groups is 4. The number of hydrogen-bond donors (Lipinski definition) is 6. The van der Waals surface area contributed by atoms with Gasteiger partial charge in [-0.05, 0) is 56.5 Å². The monoisotopic (exact) mass is 384 g/mol. The minimum Gasteiger partial charge on any atom is -0.473 e. The van der Waals surface area contributed by atoms with Gasteiger partial charge in [0.25, 0.3) is 0 Å². The van der Waals surface area contributed by atoms with Crippen LogP contribution in [0.3, 0.4) is 0 Å². The molecule has 2 rings (SSSR count). The molecule has 1 fully saturated rings. The minimum atomic E-state index is -1.82. The van der Waals surface area contributed by atoms with Crippen LogP contribution in [0.1, 0.15) is 24.0 Å². The van der Waals surface area contributed by atoms with Crippen molar-refractivity contribution in [2.45, 2.75) is 32.7 Å². The van der Waals surface area contributed by atoms with E-state index in [9.17, 15) is 0 Å². The summed E-state index contributed by atoms with van der Waals surface area (Å²) in [5.41, 5.74) is 3.91. The first-order valence-electron chi connectivity index (χ1n) is 8.01. The van der Waals surface area contributed by atoms with E-state index in [4.69, 9.17) is 39.6 Å². The molecule has 1 aromatic carbocycles. The van der Waals surface area contributed by atoms with E-state index in [1.165, 1.54) is 36.2 Å². The number of rotatable bonds is 3. The standard InChI is InChI=1S/C13H20N2.2C2H2O4/c1-10-6-11(2)8-13(7-10)15-9-12-4-3-5-14-12;2*3-1(4)2(5)6/h6-8,12,14-15H,3-5,9H2,1-2H3;2*(H,3,4)(H,5,6). The maximum absolute atomic E-state index is 9.10. The van der Waals surface area contributed by atoms with Gasteiger partial charge in [0.2, 0.25) is 0 Å². The average Bonchev–Trinajstić information content (AvgIpc) is 3.06. The summed E-state index contributed by atoms with van der Waals surface area (Å²) in [5.74, 6) is -7.30. The van der Waals surface area contributed by atoms with E-state index in [1.807, 2.05) is 0 Å². The van der Waals surface area contributed by atoms with Gasteiger partial charge in [0.05, 0.1) is 0 Å². The number of hydrogen-bond acceptors (Lipinski definition) is 6. The molecule has 10 nitrogen and oxygen atoms in total. The summed E-state index contributed by atoms with van der Waals surface area (Å²) in [6.07, 6.45) is 2.62. The Morgan fingerprint density at radius 3 is 1.70 bits per heavy atom. The Bertz CT molecular complexity index is 601. The van der Waals surface area contributed by atoms with Gasteiger partial charge in [0.15, 0.2) is 0 Å². The van der Waals surface area contributed by atoms with Crippen LogP contribution in [-0.4, -0.2) is 63.4 Å². The minimum absolute atomic E-state index is 0.658. The molecule has 1 atom stereocenters. The fourth-order valence-electron chi connectivity index (χ4n) is 2.25. The van der Waals surface area contributed by atoms with Gasteiger partial charge < -0.3 is 31.1 Å². The fourth-order valence-corrected chi connectivity index (χ4v) is 2.25. The van der Waals surface area contributed by atoms with Gasteiger partial charge in [0, 0.05) is 18.3 Å². The lowest BCUT2D eigenvalue weighted by Crippen LogP contribution is -2.29. The Hall–Kier alpha value is -3.14. The second kappa shape index (κ2) is 12.3. The number of carboxylic acid groups (broad SMARTS) is 4. The topological polar surface area (TPSA) is 173 Å². The van der Waals surface area contributed by atoms with E-state index < -0.39 is 23.9 Å². The Morgan fingerprint density at radius 2 is 1.37 bits per heavy atom. The molecule has 1 aliphatic rings. The van der Waals surface area contributed by atoms with Crippen molar-refractivity contribution in [3.63, 3.8) is 0 Å². The molecule has 1 saturated heterocycles. The highest BCUT2D eigenvalue weighted by molar-refractivity contribution is 6.27. The molecular weight excluding hydrogens is 360 g/mol. The van der Waals surface area contributed by atoms with Crippen LogP contribution < -0.4 is 10.6 Å². The second-order valence-electron chi connectivity index (χ2n) is 5.77. The molecule has 6 N–H and O–H groups in total. The van der Waals surface area contributed by atoms with Crippen LogP contribution in [0, 0.1) is 13.8 Å². The Kier molecular flexibility index (Phi) is 10.8. The van der Waals surface area contributed by atoms with Crippen molar-refractivity contribution in [3.8, 4) is 0 Å². The average molecular weight is 384 g/mol. The lowest BCUT2D eigenvalue weighted by atomic mass is 10.1. The third-order valence-electron chi connectivity index (χ3n) is 3.30. The van der Waals surface area contributed by atoms with Crippen LogP contribution in [-0.2, 0) is 19.2 Å². The van der Waals surface area contributed by atoms with Gasteiger partial charge in [0.1, 0.15) is 0 Å². The first-order chi connectivity index (χ1) is 12.5. The maximum Gasteiger partial charge on any atom is 0.414 e. The summed E-state index contributed by atoms with van der Waals surface area (Å²) in [5, 5.41) is 36.6. The molecule has 1 aliphatic heterocycles. The molecular formula is C17H24N2O8. The predicted octanol–water partition coefficient (Wildman–Crippen LogP) is 0.779. The number of anilines is 1. The van der Waals surface area contributed by atoms with Crippen LogP contribution in [0.2, 0.25) is 0 Å². The highest BCUT2D eigenvalue weighted by Crippen LogP contribution is 2.14. The molecule has 1 aromatic rings. The fraction of sp³-hybridized carbons (Fsp3) is 0.412. The third kappa shape index (κ3) is 11.9. The summed E-state index contributed by atoms with van der Waals surface area (Å²) >= 11 is 0. The van der Waals surface area contributed by atoms with Gasteiger partial charge in [-0.1, -0.05) is 6.07 Å². The van der Waals surface area contributed by atoms with Crippen molar-refractivity contribution in [1.29, 1.82) is 0 Å². The number of carboxylic acids is 4. The molecule has 0 aromatic heterocycles. The molecule has 0 spiro atoms. The van der Waals surface area contributed by atoms with Gasteiger partial charge in [-0.3, -0.25) is 0 Å². The van der Waals surface area contributed by atoms with Crippen molar-refractivity contribution >= 4 is 29.6 Å². The molecule has 27 heavy (non-hydrogen) atoms. The number of aryl methyl sites for hydroxylation is 2. The quantitative estimate of drug-likeness (QED) is 0.409. The molecule has 1 unspecified atom stereocenters. The summed E-state index contributed by atoms with van der Waals surface area (Å²) in [6.45, 7) is 6.51. The lowest BCUT2D eigenvalue weighted by Gasteiger charge is -2.13. The molecule has 150 valence electrons.